The molecule has 2 rings (SSSR count). The molecule has 0 aromatic heterocycles. The van der Waals surface area contributed by atoms with Gasteiger partial charge < -0.3 is 9.29 Å². The summed E-state index contributed by atoms with van der Waals surface area (Å²) in [6, 6.07) is 12.0. The second kappa shape index (κ2) is 8.31. The average molecular weight is 342 g/mol. The van der Waals surface area contributed by atoms with Crippen molar-refractivity contribution in [3.05, 3.63) is 48.0 Å². The van der Waals surface area contributed by atoms with E-state index >= 15 is 0 Å². The van der Waals surface area contributed by atoms with Gasteiger partial charge in [0.2, 0.25) is 0 Å². The van der Waals surface area contributed by atoms with Crippen LogP contribution in [-0.4, -0.2) is 20.1 Å². The van der Waals surface area contributed by atoms with Crippen molar-refractivity contribution in [2.24, 2.45) is 5.92 Å². The summed E-state index contributed by atoms with van der Waals surface area (Å²) >= 11 is 0. The van der Waals surface area contributed by atoms with Crippen LogP contribution < -0.4 is 34.3 Å². The summed E-state index contributed by atoms with van der Waals surface area (Å²) in [5.74, 6) is 0.906. The molecule has 0 aliphatic rings. The molecular weight excluding hydrogens is 323 g/mol. The van der Waals surface area contributed by atoms with Gasteiger partial charge in [-0.25, -0.2) is 8.42 Å². The van der Waals surface area contributed by atoms with E-state index in [0.717, 1.165) is 6.42 Å². The summed E-state index contributed by atoms with van der Waals surface area (Å²) in [5, 5.41) is 0. The van der Waals surface area contributed by atoms with Gasteiger partial charge in [-0.05, 0) is 35.6 Å². The molecule has 0 saturated heterocycles. The fraction of sp³-hybridized carbons (Fsp3) is 0.294. The van der Waals surface area contributed by atoms with Gasteiger partial charge in [0, 0.05) is 5.56 Å². The maximum absolute atomic E-state index is 11.5. The third-order valence-corrected chi connectivity index (χ3v) is 4.24. The first-order chi connectivity index (χ1) is 10.3. The maximum atomic E-state index is 11.5. The van der Waals surface area contributed by atoms with Crippen LogP contribution in [0.4, 0.5) is 0 Å². The Balaban J connectivity index is 0.00000264. The zero-order valence-electron chi connectivity index (χ0n) is 13.9. The minimum atomic E-state index is -4.57. The molecule has 0 fully saturated rings. The molecule has 2 aromatic carbocycles. The van der Waals surface area contributed by atoms with Crippen molar-refractivity contribution in [1.29, 1.82) is 0 Å². The van der Waals surface area contributed by atoms with Gasteiger partial charge in [-0.1, -0.05) is 44.2 Å². The van der Waals surface area contributed by atoms with E-state index in [1.54, 1.807) is 6.07 Å². The van der Waals surface area contributed by atoms with Gasteiger partial charge in [0.15, 0.2) is 0 Å². The molecule has 0 amide bonds. The first-order valence-corrected chi connectivity index (χ1v) is 8.46. The Labute approximate surface area is 159 Å². The number of rotatable bonds is 5. The summed E-state index contributed by atoms with van der Waals surface area (Å²) in [5.41, 5.74) is 2.13. The van der Waals surface area contributed by atoms with Crippen LogP contribution in [0.5, 0.6) is 5.75 Å². The predicted molar refractivity (Wildman–Crippen MR) is 84.9 cm³/mol. The molecule has 23 heavy (non-hydrogen) atoms. The van der Waals surface area contributed by atoms with Crippen molar-refractivity contribution in [3.63, 3.8) is 0 Å². The van der Waals surface area contributed by atoms with E-state index in [1.807, 2.05) is 24.3 Å². The number of ether oxygens (including phenoxy) is 1. The van der Waals surface area contributed by atoms with Crippen LogP contribution in [0.1, 0.15) is 19.4 Å². The van der Waals surface area contributed by atoms with Gasteiger partial charge in [0.1, 0.15) is 15.9 Å². The summed E-state index contributed by atoms with van der Waals surface area (Å²) in [7, 11) is -3.12. The number of hydrogen-bond donors (Lipinski definition) is 0. The first kappa shape index (κ1) is 20.2. The molecule has 118 valence electrons. The molecule has 0 heterocycles. The standard InChI is InChI=1S/C17H20O4S.Na/c1-12(2)11-13-7-9-14(10-8-13)17-15(21-3)5-4-6-16(17)22(18,19)20;/h4-10,12H,11H2,1-3H3,(H,18,19,20);/q;+1/p-1. The first-order valence-electron chi connectivity index (χ1n) is 7.05. The monoisotopic (exact) mass is 342 g/mol. The van der Waals surface area contributed by atoms with Crippen molar-refractivity contribution < 1.29 is 47.3 Å². The second-order valence-corrected chi connectivity index (χ2v) is 6.93. The summed E-state index contributed by atoms with van der Waals surface area (Å²) in [6.07, 6.45) is 0.943. The fourth-order valence-electron chi connectivity index (χ4n) is 2.45. The fourth-order valence-corrected chi connectivity index (χ4v) is 3.17. The van der Waals surface area contributed by atoms with Gasteiger partial charge in [-0.2, -0.15) is 0 Å². The molecule has 0 unspecified atom stereocenters. The van der Waals surface area contributed by atoms with E-state index in [9.17, 15) is 13.0 Å². The van der Waals surface area contributed by atoms with Crippen LogP contribution in [-0.2, 0) is 16.5 Å². The molecule has 0 radical (unpaired) electrons. The summed E-state index contributed by atoms with van der Waals surface area (Å²) in [4.78, 5) is -0.261. The van der Waals surface area contributed by atoms with Crippen LogP contribution in [0.2, 0.25) is 0 Å². The van der Waals surface area contributed by atoms with Crippen molar-refractivity contribution in [2.75, 3.05) is 7.11 Å². The third kappa shape index (κ3) is 5.06. The maximum Gasteiger partial charge on any atom is 1.00 e. The normalized spacial score (nSPS) is 11.2. The minimum Gasteiger partial charge on any atom is -0.744 e. The van der Waals surface area contributed by atoms with Crippen LogP contribution in [0.3, 0.4) is 0 Å². The number of methoxy groups -OCH3 is 1. The van der Waals surface area contributed by atoms with Gasteiger partial charge >= 0.3 is 29.6 Å². The topological polar surface area (TPSA) is 66.4 Å². The molecule has 0 saturated carbocycles. The van der Waals surface area contributed by atoms with E-state index in [2.05, 4.69) is 13.8 Å². The quantitative estimate of drug-likeness (QED) is 0.585. The molecule has 0 atom stereocenters. The largest absolute Gasteiger partial charge is 1.00 e. The zero-order chi connectivity index (χ0) is 16.3. The Bertz CT molecular complexity index is 753. The Morgan fingerprint density at radius 3 is 2.17 bits per heavy atom. The van der Waals surface area contributed by atoms with E-state index < -0.39 is 10.1 Å². The van der Waals surface area contributed by atoms with Gasteiger partial charge in [-0.15, -0.1) is 0 Å². The Hall–Kier alpha value is -0.850. The van der Waals surface area contributed by atoms with Gasteiger partial charge in [0.05, 0.1) is 12.0 Å². The average Bonchev–Trinajstić information content (AvgIpc) is 2.45. The van der Waals surface area contributed by atoms with E-state index in [0.29, 0.717) is 22.8 Å². The Morgan fingerprint density at radius 2 is 1.70 bits per heavy atom. The van der Waals surface area contributed by atoms with E-state index in [1.165, 1.54) is 24.8 Å². The van der Waals surface area contributed by atoms with Crippen LogP contribution in [0.25, 0.3) is 11.1 Å². The zero-order valence-corrected chi connectivity index (χ0v) is 16.7. The molecule has 0 spiro atoms. The van der Waals surface area contributed by atoms with Crippen LogP contribution in [0.15, 0.2) is 47.4 Å². The molecular formula is C17H19NaO4S. The third-order valence-electron chi connectivity index (χ3n) is 3.36. The van der Waals surface area contributed by atoms with Crippen molar-refractivity contribution in [3.8, 4) is 16.9 Å². The molecule has 4 nitrogen and oxygen atoms in total. The molecule has 0 N–H and O–H groups in total. The Morgan fingerprint density at radius 1 is 1.09 bits per heavy atom. The smallest absolute Gasteiger partial charge is 0.744 e. The molecule has 0 aliphatic heterocycles. The van der Waals surface area contributed by atoms with Crippen molar-refractivity contribution in [2.45, 2.75) is 25.2 Å². The van der Waals surface area contributed by atoms with Crippen LogP contribution >= 0.6 is 0 Å². The van der Waals surface area contributed by atoms with Gasteiger partial charge in [-0.3, -0.25) is 0 Å². The SMILES string of the molecule is COc1cccc(S(=O)(=O)[O-])c1-c1ccc(CC(C)C)cc1.[Na+]. The summed E-state index contributed by atoms with van der Waals surface area (Å²) < 4.78 is 39.7. The molecule has 2 aromatic rings. The van der Waals surface area contributed by atoms with Crippen molar-refractivity contribution >= 4 is 10.1 Å². The predicted octanol–water partition coefficient (Wildman–Crippen LogP) is 0.469. The minimum absolute atomic E-state index is 0. The van der Waals surface area contributed by atoms with Gasteiger partial charge in [0.25, 0.3) is 0 Å². The summed E-state index contributed by atoms with van der Waals surface area (Å²) in [6.45, 7) is 4.27. The molecule has 0 bridgehead atoms. The number of hydrogen-bond acceptors (Lipinski definition) is 4. The molecule has 6 heteroatoms. The Kier molecular flexibility index (Phi) is 7.29. The number of benzene rings is 2. The van der Waals surface area contributed by atoms with Crippen molar-refractivity contribution in [1.82, 2.24) is 0 Å². The van der Waals surface area contributed by atoms with Crippen LogP contribution in [0, 0.1) is 5.92 Å². The van der Waals surface area contributed by atoms with E-state index in [4.69, 9.17) is 4.74 Å². The molecule has 0 aliphatic carbocycles. The van der Waals surface area contributed by atoms with E-state index in [-0.39, 0.29) is 34.5 Å². The second-order valence-electron chi connectivity index (χ2n) is 5.58.